The second kappa shape index (κ2) is 10.9. The van der Waals surface area contributed by atoms with E-state index in [2.05, 4.69) is 34.8 Å². The van der Waals surface area contributed by atoms with Crippen molar-refractivity contribution in [3.05, 3.63) is 0 Å². The lowest BCUT2D eigenvalue weighted by Crippen LogP contribution is -2.57. The zero-order chi connectivity index (χ0) is 21.3. The van der Waals surface area contributed by atoms with Crippen molar-refractivity contribution in [2.75, 3.05) is 33.4 Å². The summed E-state index contributed by atoms with van der Waals surface area (Å²) >= 11 is 0. The van der Waals surface area contributed by atoms with Crippen LogP contribution in [0.1, 0.15) is 73.6 Å². The zero-order valence-corrected chi connectivity index (χ0v) is 19.0. The van der Waals surface area contributed by atoms with E-state index >= 15 is 0 Å². The first-order valence-electron chi connectivity index (χ1n) is 10.7. The quantitative estimate of drug-likeness (QED) is 0.282. The third kappa shape index (κ3) is 8.67. The molecule has 0 aromatic heterocycles. The van der Waals surface area contributed by atoms with E-state index in [9.17, 15) is 4.79 Å². The predicted molar refractivity (Wildman–Crippen MR) is 115 cm³/mol. The molecule has 1 amide bonds. The van der Waals surface area contributed by atoms with Crippen molar-refractivity contribution in [3.8, 4) is 0 Å². The van der Waals surface area contributed by atoms with Gasteiger partial charge in [-0.25, -0.2) is 4.79 Å². The van der Waals surface area contributed by atoms with Gasteiger partial charge in [-0.1, -0.05) is 13.8 Å². The molecule has 0 spiro atoms. The van der Waals surface area contributed by atoms with Crippen LogP contribution in [-0.4, -0.2) is 56.5 Å². The highest BCUT2D eigenvalue weighted by Gasteiger charge is 2.42. The van der Waals surface area contributed by atoms with Gasteiger partial charge in [-0.15, -0.1) is 0 Å². The van der Waals surface area contributed by atoms with Gasteiger partial charge in [-0.3, -0.25) is 4.99 Å². The van der Waals surface area contributed by atoms with Crippen LogP contribution in [-0.2, 0) is 9.47 Å². The lowest BCUT2D eigenvalue weighted by atomic mass is 9.93. The average molecular weight is 399 g/mol. The van der Waals surface area contributed by atoms with Gasteiger partial charge in [0.05, 0.1) is 5.54 Å². The van der Waals surface area contributed by atoms with E-state index < -0.39 is 5.60 Å². The van der Waals surface area contributed by atoms with E-state index in [1.807, 2.05) is 27.7 Å². The highest BCUT2D eigenvalue weighted by atomic mass is 16.6. The number of hydrogen-bond acceptors (Lipinski definition) is 4. The summed E-state index contributed by atoms with van der Waals surface area (Å²) in [7, 11) is 1.77. The summed E-state index contributed by atoms with van der Waals surface area (Å²) < 4.78 is 11.0. The lowest BCUT2D eigenvalue weighted by molar-refractivity contribution is 0.0448. The SMILES string of the molecule is CCOCCC1(CNC(=NC)NCC(CC)(CC)NC(=O)OC(C)(C)C)CC1. The number of hydrogen-bond donors (Lipinski definition) is 3. The van der Waals surface area contributed by atoms with Crippen molar-refractivity contribution >= 4 is 12.1 Å². The van der Waals surface area contributed by atoms with Crippen molar-refractivity contribution < 1.29 is 14.3 Å². The van der Waals surface area contributed by atoms with Crippen LogP contribution in [0.5, 0.6) is 0 Å². The first kappa shape index (κ1) is 24.5. The Hall–Kier alpha value is -1.50. The van der Waals surface area contributed by atoms with Gasteiger partial charge in [0.25, 0.3) is 0 Å². The molecule has 0 atom stereocenters. The Morgan fingerprint density at radius 1 is 1.11 bits per heavy atom. The molecule has 1 aliphatic carbocycles. The summed E-state index contributed by atoms with van der Waals surface area (Å²) in [6.07, 6.45) is 4.76. The Bertz CT molecular complexity index is 506. The third-order valence-corrected chi connectivity index (χ3v) is 5.51. The molecular formula is C21H42N4O3. The molecule has 0 unspecified atom stereocenters. The summed E-state index contributed by atoms with van der Waals surface area (Å²) in [5.74, 6) is 0.764. The molecule has 0 bridgehead atoms. The normalized spacial score (nSPS) is 16.5. The first-order valence-corrected chi connectivity index (χ1v) is 10.7. The maximum atomic E-state index is 12.3. The van der Waals surface area contributed by atoms with Crippen molar-refractivity contribution in [1.82, 2.24) is 16.0 Å². The van der Waals surface area contributed by atoms with Crippen LogP contribution in [0.25, 0.3) is 0 Å². The number of alkyl carbamates (subject to hydrolysis) is 1. The zero-order valence-electron chi connectivity index (χ0n) is 19.0. The minimum atomic E-state index is -0.512. The number of ether oxygens (including phenoxy) is 2. The Labute approximate surface area is 171 Å². The molecule has 28 heavy (non-hydrogen) atoms. The van der Waals surface area contributed by atoms with Gasteiger partial charge in [0.2, 0.25) is 0 Å². The lowest BCUT2D eigenvalue weighted by Gasteiger charge is -2.34. The van der Waals surface area contributed by atoms with Crippen LogP contribution < -0.4 is 16.0 Å². The standard InChI is InChI=1S/C21H42N4O3/c1-8-21(9-2,25-18(26)28-19(4,5)6)16-24-17(22-7)23-15-20(11-12-20)13-14-27-10-3/h8-16H2,1-7H3,(H,25,26)(H2,22,23,24). The van der Waals surface area contributed by atoms with E-state index in [1.165, 1.54) is 12.8 Å². The molecule has 164 valence electrons. The Balaban J connectivity index is 2.54. The van der Waals surface area contributed by atoms with Gasteiger partial charge in [-0.05, 0) is 65.2 Å². The number of aliphatic imine (C=N–C) groups is 1. The molecule has 7 nitrogen and oxygen atoms in total. The summed E-state index contributed by atoms with van der Waals surface area (Å²) in [6.45, 7) is 14.9. The Kier molecular flexibility index (Phi) is 9.54. The van der Waals surface area contributed by atoms with Crippen LogP contribution in [0, 0.1) is 5.41 Å². The van der Waals surface area contributed by atoms with Crippen molar-refractivity contribution in [2.24, 2.45) is 10.4 Å². The number of nitrogens with one attached hydrogen (secondary N) is 3. The van der Waals surface area contributed by atoms with Gasteiger partial charge in [0.15, 0.2) is 5.96 Å². The number of guanidine groups is 1. The number of amides is 1. The summed E-state index contributed by atoms with van der Waals surface area (Å²) in [6, 6.07) is 0. The molecule has 1 rings (SSSR count). The van der Waals surface area contributed by atoms with E-state index in [0.717, 1.165) is 45.0 Å². The Morgan fingerprint density at radius 2 is 1.75 bits per heavy atom. The molecule has 0 aliphatic heterocycles. The number of carbonyl (C=O) groups is 1. The highest BCUT2D eigenvalue weighted by molar-refractivity contribution is 5.80. The molecule has 7 heteroatoms. The number of nitrogens with zero attached hydrogens (tertiary/aromatic N) is 1. The van der Waals surface area contributed by atoms with Crippen LogP contribution in [0.2, 0.25) is 0 Å². The molecule has 0 aromatic carbocycles. The first-order chi connectivity index (χ1) is 13.1. The Morgan fingerprint density at radius 3 is 2.21 bits per heavy atom. The second-order valence-corrected chi connectivity index (χ2v) is 8.84. The van der Waals surface area contributed by atoms with Crippen LogP contribution >= 0.6 is 0 Å². The molecule has 3 N–H and O–H groups in total. The van der Waals surface area contributed by atoms with Gasteiger partial charge in [-0.2, -0.15) is 0 Å². The average Bonchev–Trinajstić information content (AvgIpc) is 3.39. The smallest absolute Gasteiger partial charge is 0.408 e. The van der Waals surface area contributed by atoms with Gasteiger partial charge < -0.3 is 25.4 Å². The molecular weight excluding hydrogens is 356 g/mol. The molecule has 0 saturated heterocycles. The van der Waals surface area contributed by atoms with E-state index in [-0.39, 0.29) is 11.6 Å². The monoisotopic (exact) mass is 398 g/mol. The molecule has 1 saturated carbocycles. The fourth-order valence-electron chi connectivity index (χ4n) is 3.11. The van der Waals surface area contributed by atoms with Crippen LogP contribution in [0.15, 0.2) is 4.99 Å². The van der Waals surface area contributed by atoms with Crippen molar-refractivity contribution in [1.29, 1.82) is 0 Å². The van der Waals surface area contributed by atoms with Gasteiger partial charge >= 0.3 is 6.09 Å². The predicted octanol–water partition coefficient (Wildman–Crippen LogP) is 3.44. The van der Waals surface area contributed by atoms with Crippen LogP contribution in [0.4, 0.5) is 4.79 Å². The third-order valence-electron chi connectivity index (χ3n) is 5.51. The van der Waals surface area contributed by atoms with E-state index in [1.54, 1.807) is 7.05 Å². The maximum Gasteiger partial charge on any atom is 0.408 e. The topological polar surface area (TPSA) is 84.0 Å². The summed E-state index contributed by atoms with van der Waals surface area (Å²) in [4.78, 5) is 16.6. The largest absolute Gasteiger partial charge is 0.444 e. The van der Waals surface area contributed by atoms with Gasteiger partial charge in [0.1, 0.15) is 5.60 Å². The van der Waals surface area contributed by atoms with Crippen molar-refractivity contribution in [2.45, 2.75) is 84.8 Å². The van der Waals surface area contributed by atoms with E-state index in [4.69, 9.17) is 9.47 Å². The minimum Gasteiger partial charge on any atom is -0.444 e. The van der Waals surface area contributed by atoms with E-state index in [0.29, 0.717) is 12.0 Å². The summed E-state index contributed by atoms with van der Waals surface area (Å²) in [5, 5.41) is 9.90. The fraction of sp³-hybridized carbons (Fsp3) is 0.905. The highest BCUT2D eigenvalue weighted by Crippen LogP contribution is 2.48. The van der Waals surface area contributed by atoms with Crippen LogP contribution in [0.3, 0.4) is 0 Å². The molecule has 0 aromatic rings. The fourth-order valence-corrected chi connectivity index (χ4v) is 3.11. The number of rotatable bonds is 11. The van der Waals surface area contributed by atoms with Crippen molar-refractivity contribution in [3.63, 3.8) is 0 Å². The minimum absolute atomic E-state index is 0.341. The number of carbonyl (C=O) groups excluding carboxylic acids is 1. The summed E-state index contributed by atoms with van der Waals surface area (Å²) in [5.41, 5.74) is -0.553. The molecule has 1 aliphatic rings. The molecule has 0 heterocycles. The van der Waals surface area contributed by atoms with Gasteiger partial charge in [0, 0.05) is 33.4 Å². The molecule has 1 fully saturated rings. The second-order valence-electron chi connectivity index (χ2n) is 8.84. The molecule has 0 radical (unpaired) electrons. The maximum absolute atomic E-state index is 12.3.